The van der Waals surface area contributed by atoms with Gasteiger partial charge in [-0.2, -0.15) is 4.31 Å². The molecule has 0 aliphatic carbocycles. The summed E-state index contributed by atoms with van der Waals surface area (Å²) in [5.74, 6) is -2.08. The second-order valence-corrected chi connectivity index (χ2v) is 9.32. The number of hydrogen-bond acceptors (Lipinski definition) is 7. The molecule has 1 heterocycles. The predicted octanol–water partition coefficient (Wildman–Crippen LogP) is 2.83. The van der Waals surface area contributed by atoms with Gasteiger partial charge in [0.25, 0.3) is 5.91 Å². The van der Waals surface area contributed by atoms with Crippen molar-refractivity contribution in [2.45, 2.75) is 31.1 Å². The normalized spacial score (nSPS) is 14.3. The zero-order chi connectivity index (χ0) is 23.8. The second kappa shape index (κ2) is 11.1. The van der Waals surface area contributed by atoms with Gasteiger partial charge in [-0.3, -0.25) is 4.79 Å². The van der Waals surface area contributed by atoms with Crippen LogP contribution in [-0.4, -0.2) is 56.9 Å². The third-order valence-electron chi connectivity index (χ3n) is 5.05. The second-order valence-electron chi connectivity index (χ2n) is 7.38. The van der Waals surface area contributed by atoms with Crippen molar-refractivity contribution in [1.29, 1.82) is 0 Å². The molecule has 10 heteroatoms. The van der Waals surface area contributed by atoms with Crippen LogP contribution in [0.25, 0.3) is 0 Å². The summed E-state index contributed by atoms with van der Waals surface area (Å²) < 4.78 is 37.1. The van der Waals surface area contributed by atoms with E-state index in [2.05, 4.69) is 5.32 Å². The monoisotopic (exact) mass is 474 g/mol. The molecular formula is C23H26N2O7S. The highest BCUT2D eigenvalue weighted by Crippen LogP contribution is 2.22. The number of esters is 2. The standard InChI is InChI=1S/C23H26N2O7S/c1-2-31-23(28)19-11-4-5-12-20(19)24-21(26)16-32-22(27)17-9-8-10-18(15-17)33(29,30)25-13-6-3-7-14-25/h4-5,8-12,15H,2-3,6-7,13-14,16H2,1H3,(H,24,26). The van der Waals surface area contributed by atoms with Gasteiger partial charge in [-0.05, 0) is 50.1 Å². The van der Waals surface area contributed by atoms with Gasteiger partial charge in [-0.25, -0.2) is 18.0 Å². The molecule has 176 valence electrons. The summed E-state index contributed by atoms with van der Waals surface area (Å²) in [4.78, 5) is 36.7. The smallest absolute Gasteiger partial charge is 0.340 e. The molecule has 1 amide bonds. The van der Waals surface area contributed by atoms with Crippen LogP contribution in [0.2, 0.25) is 0 Å². The molecule has 2 aromatic rings. The summed E-state index contributed by atoms with van der Waals surface area (Å²) in [7, 11) is -3.71. The zero-order valence-electron chi connectivity index (χ0n) is 18.3. The maximum absolute atomic E-state index is 12.8. The van der Waals surface area contributed by atoms with Crippen molar-refractivity contribution in [3.05, 3.63) is 59.7 Å². The molecular weight excluding hydrogens is 448 g/mol. The number of rotatable bonds is 8. The molecule has 2 aromatic carbocycles. The first-order valence-corrected chi connectivity index (χ1v) is 12.1. The van der Waals surface area contributed by atoms with Crippen LogP contribution in [0.5, 0.6) is 0 Å². The quantitative estimate of drug-likeness (QED) is 0.584. The number of nitrogens with zero attached hydrogens (tertiary/aromatic N) is 1. The number of para-hydroxylation sites is 1. The fourth-order valence-electron chi connectivity index (χ4n) is 3.42. The Labute approximate surface area is 192 Å². The van der Waals surface area contributed by atoms with Gasteiger partial charge in [0.2, 0.25) is 10.0 Å². The number of ether oxygens (including phenoxy) is 2. The number of benzene rings is 2. The molecule has 0 spiro atoms. The topological polar surface area (TPSA) is 119 Å². The highest BCUT2D eigenvalue weighted by atomic mass is 32.2. The van der Waals surface area contributed by atoms with Crippen LogP contribution < -0.4 is 5.32 Å². The molecule has 1 fully saturated rings. The Kier molecular flexibility index (Phi) is 8.18. The van der Waals surface area contributed by atoms with E-state index in [1.807, 2.05) is 0 Å². The molecule has 0 radical (unpaired) electrons. The number of anilines is 1. The molecule has 1 saturated heterocycles. The van der Waals surface area contributed by atoms with Gasteiger partial charge in [0.05, 0.1) is 28.3 Å². The van der Waals surface area contributed by atoms with Gasteiger partial charge >= 0.3 is 11.9 Å². The SMILES string of the molecule is CCOC(=O)c1ccccc1NC(=O)COC(=O)c1cccc(S(=O)(=O)N2CCCCC2)c1. The summed E-state index contributed by atoms with van der Waals surface area (Å²) in [6.45, 7) is 2.14. The van der Waals surface area contributed by atoms with Gasteiger partial charge in [-0.15, -0.1) is 0 Å². The third-order valence-corrected chi connectivity index (χ3v) is 6.95. The van der Waals surface area contributed by atoms with Gasteiger partial charge in [-0.1, -0.05) is 24.6 Å². The van der Waals surface area contributed by atoms with E-state index in [-0.39, 0.29) is 28.3 Å². The third kappa shape index (κ3) is 6.17. The van der Waals surface area contributed by atoms with Gasteiger partial charge in [0, 0.05) is 13.1 Å². The van der Waals surface area contributed by atoms with Crippen LogP contribution in [0, 0.1) is 0 Å². The Morgan fingerprint density at radius 2 is 1.67 bits per heavy atom. The minimum atomic E-state index is -3.71. The number of carbonyl (C=O) groups is 3. The fourth-order valence-corrected chi connectivity index (χ4v) is 4.98. The van der Waals surface area contributed by atoms with Crippen molar-refractivity contribution in [3.8, 4) is 0 Å². The molecule has 0 atom stereocenters. The highest BCUT2D eigenvalue weighted by Gasteiger charge is 2.26. The van der Waals surface area contributed by atoms with Gasteiger partial charge < -0.3 is 14.8 Å². The highest BCUT2D eigenvalue weighted by molar-refractivity contribution is 7.89. The Morgan fingerprint density at radius 3 is 2.39 bits per heavy atom. The summed E-state index contributed by atoms with van der Waals surface area (Å²) >= 11 is 0. The van der Waals surface area contributed by atoms with Crippen molar-refractivity contribution in [2.75, 3.05) is 31.6 Å². The molecule has 3 rings (SSSR count). The summed E-state index contributed by atoms with van der Waals surface area (Å²) in [5.41, 5.74) is 0.425. The number of nitrogens with one attached hydrogen (secondary N) is 1. The Balaban J connectivity index is 1.63. The number of piperidine rings is 1. The first-order valence-electron chi connectivity index (χ1n) is 10.7. The molecule has 1 N–H and O–H groups in total. The van der Waals surface area contributed by atoms with Crippen LogP contribution in [-0.2, 0) is 24.3 Å². The summed E-state index contributed by atoms with van der Waals surface area (Å²) in [6, 6.07) is 11.9. The lowest BCUT2D eigenvalue weighted by atomic mass is 10.2. The van der Waals surface area contributed by atoms with Crippen LogP contribution in [0.4, 0.5) is 5.69 Å². The molecule has 33 heavy (non-hydrogen) atoms. The zero-order valence-corrected chi connectivity index (χ0v) is 19.1. The van der Waals surface area contributed by atoms with Crippen molar-refractivity contribution >= 4 is 33.6 Å². The molecule has 0 aromatic heterocycles. The molecule has 1 aliphatic rings. The van der Waals surface area contributed by atoms with Crippen molar-refractivity contribution in [1.82, 2.24) is 4.31 Å². The van der Waals surface area contributed by atoms with E-state index in [1.165, 1.54) is 40.7 Å². The number of carbonyl (C=O) groups excluding carboxylic acids is 3. The van der Waals surface area contributed by atoms with E-state index in [9.17, 15) is 22.8 Å². The van der Waals surface area contributed by atoms with Crippen molar-refractivity contribution < 1.29 is 32.3 Å². The predicted molar refractivity (Wildman–Crippen MR) is 120 cm³/mol. The van der Waals surface area contributed by atoms with E-state index in [0.717, 1.165) is 19.3 Å². The van der Waals surface area contributed by atoms with E-state index in [0.29, 0.717) is 13.1 Å². The molecule has 0 saturated carbocycles. The Hall–Kier alpha value is -3.24. The molecule has 9 nitrogen and oxygen atoms in total. The van der Waals surface area contributed by atoms with Crippen molar-refractivity contribution in [3.63, 3.8) is 0 Å². The van der Waals surface area contributed by atoms with E-state index in [1.54, 1.807) is 19.1 Å². The average Bonchev–Trinajstić information content (AvgIpc) is 2.83. The maximum atomic E-state index is 12.8. The lowest BCUT2D eigenvalue weighted by Crippen LogP contribution is -2.35. The first-order chi connectivity index (χ1) is 15.8. The minimum absolute atomic E-state index is 0.00617. The molecule has 0 unspecified atom stereocenters. The minimum Gasteiger partial charge on any atom is -0.462 e. The van der Waals surface area contributed by atoms with Crippen LogP contribution in [0.3, 0.4) is 0 Å². The van der Waals surface area contributed by atoms with Crippen molar-refractivity contribution in [2.24, 2.45) is 0 Å². The molecule has 0 bridgehead atoms. The fraction of sp³-hybridized carbons (Fsp3) is 0.348. The number of hydrogen-bond donors (Lipinski definition) is 1. The maximum Gasteiger partial charge on any atom is 0.340 e. The van der Waals surface area contributed by atoms with Crippen LogP contribution in [0.1, 0.15) is 46.9 Å². The van der Waals surface area contributed by atoms with Crippen LogP contribution in [0.15, 0.2) is 53.4 Å². The Bertz CT molecular complexity index is 1130. The molecule has 1 aliphatic heterocycles. The number of amides is 1. The van der Waals surface area contributed by atoms with E-state index >= 15 is 0 Å². The van der Waals surface area contributed by atoms with Gasteiger partial charge in [0.15, 0.2) is 6.61 Å². The van der Waals surface area contributed by atoms with Gasteiger partial charge in [0.1, 0.15) is 0 Å². The Morgan fingerprint density at radius 1 is 0.939 bits per heavy atom. The summed E-state index contributed by atoms with van der Waals surface area (Å²) in [5, 5.41) is 2.52. The van der Waals surface area contributed by atoms with E-state index in [4.69, 9.17) is 9.47 Å². The van der Waals surface area contributed by atoms with Crippen LogP contribution >= 0.6 is 0 Å². The number of sulfonamides is 1. The lowest BCUT2D eigenvalue weighted by molar-refractivity contribution is -0.119. The lowest BCUT2D eigenvalue weighted by Gasteiger charge is -2.25. The van der Waals surface area contributed by atoms with E-state index < -0.39 is 34.5 Å². The first kappa shape index (κ1) is 24.4. The largest absolute Gasteiger partial charge is 0.462 e. The average molecular weight is 475 g/mol. The summed E-state index contributed by atoms with van der Waals surface area (Å²) in [6.07, 6.45) is 2.59.